The summed E-state index contributed by atoms with van der Waals surface area (Å²) in [6.45, 7) is 4.19. The summed E-state index contributed by atoms with van der Waals surface area (Å²) in [5.41, 5.74) is 4.75. The average molecular weight is 220 g/mol. The van der Waals surface area contributed by atoms with Crippen molar-refractivity contribution in [2.45, 2.75) is 38.5 Å². The van der Waals surface area contributed by atoms with Gasteiger partial charge in [0, 0.05) is 11.8 Å². The number of halogens is 2. The van der Waals surface area contributed by atoms with E-state index >= 15 is 0 Å². The molecule has 1 fully saturated rings. The van der Waals surface area contributed by atoms with Crippen LogP contribution >= 0.6 is 0 Å². The molecule has 0 saturated heterocycles. The van der Waals surface area contributed by atoms with Crippen LogP contribution in [-0.4, -0.2) is 0 Å². The highest BCUT2D eigenvalue weighted by molar-refractivity contribution is 5.54. The van der Waals surface area contributed by atoms with Crippen molar-refractivity contribution >= 4 is 0 Å². The van der Waals surface area contributed by atoms with Gasteiger partial charge in [0.25, 0.3) is 0 Å². The molecule has 1 aromatic carbocycles. The summed E-state index contributed by atoms with van der Waals surface area (Å²) in [6, 6.07) is 2.80. The van der Waals surface area contributed by atoms with Crippen molar-refractivity contribution in [2.75, 3.05) is 0 Å². The minimum absolute atomic E-state index is 0.347. The number of hydrogen-bond donors (Lipinski definition) is 0. The van der Waals surface area contributed by atoms with Crippen molar-refractivity contribution in [1.29, 1.82) is 0 Å². The minimum Gasteiger partial charge on any atom is -0.204 e. The zero-order chi connectivity index (χ0) is 11.4. The number of benzene rings is 1. The SMILES string of the molecule is CC(C)=C1C2CCC1c1cc(F)c(F)cc12. The molecule has 2 aliphatic rings. The van der Waals surface area contributed by atoms with E-state index in [4.69, 9.17) is 0 Å². The molecular formula is C14H14F2. The summed E-state index contributed by atoms with van der Waals surface area (Å²) >= 11 is 0. The van der Waals surface area contributed by atoms with Crippen molar-refractivity contribution in [3.05, 3.63) is 46.0 Å². The standard InChI is InChI=1S/C14H14F2/c1-7(2)14-8-3-4-9(14)11-6-13(16)12(15)5-10(8)11/h5-6,8-9H,3-4H2,1-2H3. The van der Waals surface area contributed by atoms with Crippen LogP contribution in [0.2, 0.25) is 0 Å². The van der Waals surface area contributed by atoms with E-state index in [9.17, 15) is 8.78 Å². The lowest BCUT2D eigenvalue weighted by atomic mass is 9.92. The normalized spacial score (nSPS) is 26.1. The number of fused-ring (bicyclic) bond motifs is 5. The second kappa shape index (κ2) is 3.16. The Kier molecular flexibility index (Phi) is 1.97. The third-order valence-corrected chi connectivity index (χ3v) is 3.95. The molecule has 1 aromatic rings. The second-order valence-electron chi connectivity index (χ2n) is 5.03. The van der Waals surface area contributed by atoms with Crippen LogP contribution in [0, 0.1) is 11.6 Å². The third kappa shape index (κ3) is 1.13. The van der Waals surface area contributed by atoms with E-state index < -0.39 is 11.6 Å². The molecule has 0 aromatic heterocycles. The van der Waals surface area contributed by atoms with Crippen molar-refractivity contribution in [2.24, 2.45) is 0 Å². The van der Waals surface area contributed by atoms with E-state index in [1.54, 1.807) is 0 Å². The molecule has 1 saturated carbocycles. The Morgan fingerprint density at radius 1 is 1.00 bits per heavy atom. The Morgan fingerprint density at radius 3 is 1.81 bits per heavy atom. The van der Waals surface area contributed by atoms with E-state index in [0.717, 1.165) is 24.0 Å². The van der Waals surface area contributed by atoms with Gasteiger partial charge in [0.1, 0.15) is 0 Å². The quantitative estimate of drug-likeness (QED) is 0.572. The van der Waals surface area contributed by atoms with Crippen LogP contribution in [0.4, 0.5) is 8.78 Å². The molecule has 16 heavy (non-hydrogen) atoms. The predicted molar refractivity (Wildman–Crippen MR) is 59.4 cm³/mol. The second-order valence-corrected chi connectivity index (χ2v) is 5.03. The lowest BCUT2D eigenvalue weighted by molar-refractivity contribution is 0.503. The Morgan fingerprint density at radius 2 is 1.44 bits per heavy atom. The molecule has 0 N–H and O–H groups in total. The average Bonchev–Trinajstić information content (AvgIpc) is 2.75. The summed E-state index contributed by atoms with van der Waals surface area (Å²) in [4.78, 5) is 0. The molecule has 0 amide bonds. The molecule has 0 radical (unpaired) electrons. The Hall–Kier alpha value is -1.18. The smallest absolute Gasteiger partial charge is 0.159 e. The first kappa shape index (κ1) is 10.0. The van der Waals surface area contributed by atoms with Crippen LogP contribution in [0.3, 0.4) is 0 Å². The maximum Gasteiger partial charge on any atom is 0.159 e. The van der Waals surface area contributed by atoms with E-state index in [1.807, 2.05) is 0 Å². The van der Waals surface area contributed by atoms with Gasteiger partial charge in [-0.3, -0.25) is 0 Å². The van der Waals surface area contributed by atoms with Crippen molar-refractivity contribution < 1.29 is 8.78 Å². The fraction of sp³-hybridized carbons (Fsp3) is 0.429. The van der Waals surface area contributed by atoms with Gasteiger partial charge in [-0.2, -0.15) is 0 Å². The van der Waals surface area contributed by atoms with Crippen molar-refractivity contribution in [3.63, 3.8) is 0 Å². The van der Waals surface area contributed by atoms with Crippen LogP contribution in [0.15, 0.2) is 23.3 Å². The van der Waals surface area contributed by atoms with Gasteiger partial charge >= 0.3 is 0 Å². The Bertz CT molecular complexity index is 457. The van der Waals surface area contributed by atoms with Gasteiger partial charge in [-0.25, -0.2) is 8.78 Å². The molecule has 3 rings (SSSR count). The van der Waals surface area contributed by atoms with Gasteiger partial charge in [-0.05, 0) is 49.9 Å². The van der Waals surface area contributed by atoms with Crippen LogP contribution in [0.25, 0.3) is 0 Å². The molecule has 0 spiro atoms. The first-order valence-electron chi connectivity index (χ1n) is 5.75. The van der Waals surface area contributed by atoms with Gasteiger partial charge in [0.05, 0.1) is 0 Å². The topological polar surface area (TPSA) is 0 Å². The first-order chi connectivity index (χ1) is 7.59. The fourth-order valence-electron chi connectivity index (χ4n) is 3.41. The molecule has 84 valence electrons. The zero-order valence-electron chi connectivity index (χ0n) is 9.48. The van der Waals surface area contributed by atoms with E-state index in [0.29, 0.717) is 11.8 Å². The fourth-order valence-corrected chi connectivity index (χ4v) is 3.41. The molecule has 2 aliphatic carbocycles. The monoisotopic (exact) mass is 220 g/mol. The van der Waals surface area contributed by atoms with Crippen molar-refractivity contribution in [1.82, 2.24) is 0 Å². The summed E-state index contributed by atoms with van der Waals surface area (Å²) in [5, 5.41) is 0. The highest BCUT2D eigenvalue weighted by atomic mass is 19.2. The maximum absolute atomic E-state index is 13.2. The van der Waals surface area contributed by atoms with E-state index in [1.165, 1.54) is 23.3 Å². The highest BCUT2D eigenvalue weighted by Gasteiger charge is 2.42. The molecule has 2 heteroatoms. The minimum atomic E-state index is -0.709. The highest BCUT2D eigenvalue weighted by Crippen LogP contribution is 2.58. The molecule has 2 unspecified atom stereocenters. The summed E-state index contributed by atoms with van der Waals surface area (Å²) < 4.78 is 26.5. The Labute approximate surface area is 94.0 Å². The van der Waals surface area contributed by atoms with Gasteiger partial charge in [0.2, 0.25) is 0 Å². The van der Waals surface area contributed by atoms with E-state index in [-0.39, 0.29) is 0 Å². The first-order valence-corrected chi connectivity index (χ1v) is 5.75. The van der Waals surface area contributed by atoms with Gasteiger partial charge in [-0.1, -0.05) is 11.1 Å². The zero-order valence-corrected chi connectivity index (χ0v) is 9.48. The van der Waals surface area contributed by atoms with Crippen LogP contribution in [0.5, 0.6) is 0 Å². The molecular weight excluding hydrogens is 206 g/mol. The number of rotatable bonds is 0. The lowest BCUT2D eigenvalue weighted by Crippen LogP contribution is -2.00. The van der Waals surface area contributed by atoms with Crippen LogP contribution in [-0.2, 0) is 0 Å². The number of hydrogen-bond acceptors (Lipinski definition) is 0. The largest absolute Gasteiger partial charge is 0.204 e. The van der Waals surface area contributed by atoms with Gasteiger partial charge < -0.3 is 0 Å². The van der Waals surface area contributed by atoms with E-state index in [2.05, 4.69) is 13.8 Å². The van der Waals surface area contributed by atoms with Crippen LogP contribution in [0.1, 0.15) is 49.7 Å². The summed E-state index contributed by atoms with van der Waals surface area (Å²) in [6.07, 6.45) is 2.17. The third-order valence-electron chi connectivity index (χ3n) is 3.95. The summed E-state index contributed by atoms with van der Waals surface area (Å²) in [7, 11) is 0. The lowest BCUT2D eigenvalue weighted by Gasteiger charge is -2.13. The van der Waals surface area contributed by atoms with Gasteiger partial charge in [-0.15, -0.1) is 0 Å². The predicted octanol–water partition coefficient (Wildman–Crippen LogP) is 4.28. The molecule has 0 nitrogen and oxygen atoms in total. The Balaban J connectivity index is 2.23. The molecule has 0 heterocycles. The summed E-state index contributed by atoms with van der Waals surface area (Å²) in [5.74, 6) is -0.723. The van der Waals surface area contributed by atoms with Crippen LogP contribution < -0.4 is 0 Å². The molecule has 2 bridgehead atoms. The van der Waals surface area contributed by atoms with Gasteiger partial charge in [0.15, 0.2) is 11.6 Å². The molecule has 0 aliphatic heterocycles. The maximum atomic E-state index is 13.2. The number of allylic oxidation sites excluding steroid dienone is 2. The van der Waals surface area contributed by atoms with Crippen molar-refractivity contribution in [3.8, 4) is 0 Å². The molecule has 2 atom stereocenters.